The third-order valence-corrected chi connectivity index (χ3v) is 7.77. The van der Waals surface area contributed by atoms with E-state index in [1.807, 2.05) is 48.5 Å². The Kier molecular flexibility index (Phi) is 4.97. The van der Waals surface area contributed by atoms with Crippen LogP contribution in [0, 0.1) is 25.4 Å². The van der Waals surface area contributed by atoms with Gasteiger partial charge >= 0.3 is 0 Å². The monoisotopic (exact) mass is 557 g/mol. The highest BCUT2D eigenvalue weighted by molar-refractivity contribution is 6.13. The molecule has 0 aliphatic carbocycles. The van der Waals surface area contributed by atoms with Crippen LogP contribution in [0.2, 0.25) is 0 Å². The van der Waals surface area contributed by atoms with Crippen molar-refractivity contribution in [1.82, 2.24) is 0 Å². The molecule has 7 rings (SSSR count). The number of hydrogen-bond acceptors (Lipinski definition) is 1. The summed E-state index contributed by atoms with van der Waals surface area (Å²) in [6, 6.07) is 31.9. The molecular weight excluding hydrogens is 524 g/mol. The number of halogens is 2. The van der Waals surface area contributed by atoms with Crippen molar-refractivity contribution in [1.29, 1.82) is 0 Å². The average molecular weight is 558 g/mol. The molecule has 42 heavy (non-hydrogen) atoms. The van der Waals surface area contributed by atoms with Crippen molar-refractivity contribution < 1.29 is 24.6 Å². The molecule has 0 radical (unpaired) electrons. The van der Waals surface area contributed by atoms with Gasteiger partial charge in [-0.1, -0.05) is 91.0 Å². The van der Waals surface area contributed by atoms with Gasteiger partial charge in [-0.2, -0.15) is 0 Å². The topological polar surface area (TPSA) is 17.0 Å². The van der Waals surface area contributed by atoms with Crippen LogP contribution in [0.25, 0.3) is 66.6 Å². The molecule has 0 aliphatic rings. The number of furan rings is 1. The van der Waals surface area contributed by atoms with Gasteiger partial charge < -0.3 is 4.42 Å². The van der Waals surface area contributed by atoms with Crippen LogP contribution in [-0.4, -0.2) is 0 Å². The summed E-state index contributed by atoms with van der Waals surface area (Å²) in [5.74, 6) is -1.76. The molecule has 7 aromatic rings. The fraction of sp³-hybridized carbons (Fsp3) is 0.0789. The number of hydrogen-bond donors (Lipinski definition) is 0. The number of aryl methyl sites for hydroxylation is 1. The van der Waals surface area contributed by atoms with Crippen molar-refractivity contribution in [2.24, 2.45) is 7.05 Å². The van der Waals surface area contributed by atoms with Crippen LogP contribution in [0.4, 0.5) is 8.78 Å². The molecule has 4 heteroatoms. The Morgan fingerprint density at radius 2 is 1.17 bits per heavy atom. The molecule has 0 saturated heterocycles. The van der Waals surface area contributed by atoms with E-state index in [4.69, 9.17) is 11.3 Å². The molecule has 0 aliphatic heterocycles. The number of fused-ring (bicyclic) bond motifs is 3. The van der Waals surface area contributed by atoms with Crippen LogP contribution in [0.15, 0.2) is 120 Å². The minimum Gasteiger partial charge on any atom is -0.454 e. The van der Waals surface area contributed by atoms with E-state index in [9.17, 15) is 0 Å². The molecule has 0 bridgehead atoms. The summed E-state index contributed by atoms with van der Waals surface area (Å²) in [4.78, 5) is 0. The van der Waals surface area contributed by atoms with Gasteiger partial charge in [0.05, 0.1) is 12.5 Å². The van der Waals surface area contributed by atoms with E-state index in [0.717, 1.165) is 22.3 Å². The Balaban J connectivity index is 1.36. The fourth-order valence-corrected chi connectivity index (χ4v) is 5.61. The van der Waals surface area contributed by atoms with Crippen molar-refractivity contribution in [3.8, 4) is 44.6 Å². The van der Waals surface area contributed by atoms with Crippen LogP contribution in [0.1, 0.15) is 18.0 Å². The molecule has 0 atom stereocenters. The largest absolute Gasteiger partial charge is 0.454 e. The molecule has 0 fully saturated rings. The fourth-order valence-electron chi connectivity index (χ4n) is 5.61. The first kappa shape index (κ1) is 20.7. The Labute approximate surface area is 250 Å². The zero-order chi connectivity index (χ0) is 33.2. The highest BCUT2D eigenvalue weighted by Gasteiger charge is 2.24. The van der Waals surface area contributed by atoms with E-state index in [1.165, 1.54) is 17.7 Å². The van der Waals surface area contributed by atoms with Crippen LogP contribution >= 0.6 is 0 Å². The Bertz CT molecular complexity index is 2300. The number of nitrogens with zero attached hydrogens (tertiary/aromatic N) is 1. The third kappa shape index (κ3) is 4.27. The summed E-state index contributed by atoms with van der Waals surface area (Å²) in [7, 11) is 1.42. The van der Waals surface area contributed by atoms with E-state index < -0.39 is 36.3 Å². The van der Waals surface area contributed by atoms with E-state index in [-0.39, 0.29) is 22.4 Å². The van der Waals surface area contributed by atoms with Gasteiger partial charge in [0.15, 0.2) is 6.17 Å². The summed E-state index contributed by atoms with van der Waals surface area (Å²) in [5.41, 5.74) is 5.77. The van der Waals surface area contributed by atoms with Crippen LogP contribution < -0.4 is 4.57 Å². The Morgan fingerprint density at radius 3 is 1.79 bits per heavy atom. The lowest BCUT2D eigenvalue weighted by Crippen LogP contribution is -2.31. The van der Waals surface area contributed by atoms with Gasteiger partial charge in [0, 0.05) is 26.5 Å². The SMILES string of the molecule is [2H]c1c(F)c(C([2H])([2H])[2H])c([2H])[n+](C)c1-c1c(C)ccc2c1oc1c(-c3ccc(-c4ccc(-c5ccccc5)cc4)cc3)c(F)ccc12. The first-order chi connectivity index (χ1) is 22.5. The number of benzene rings is 5. The second kappa shape index (κ2) is 10.1. The van der Waals surface area contributed by atoms with Crippen LogP contribution in [0.5, 0.6) is 0 Å². The molecule has 2 aromatic heterocycles. The van der Waals surface area contributed by atoms with Crippen molar-refractivity contribution in [3.05, 3.63) is 138 Å². The maximum Gasteiger partial charge on any atom is 0.219 e. The minimum absolute atomic E-state index is 0.00712. The second-order valence-corrected chi connectivity index (χ2v) is 10.4. The second-order valence-electron chi connectivity index (χ2n) is 10.4. The maximum absolute atomic E-state index is 15.6. The normalized spacial score (nSPS) is 13.5. The number of aromatic nitrogens is 1. The van der Waals surface area contributed by atoms with Gasteiger partial charge in [-0.05, 0) is 59.3 Å². The Hall–Kier alpha value is -5.09. The molecule has 2 nitrogen and oxygen atoms in total. The van der Waals surface area contributed by atoms with Gasteiger partial charge in [0.25, 0.3) is 0 Å². The van der Waals surface area contributed by atoms with E-state index in [1.54, 1.807) is 19.1 Å². The van der Waals surface area contributed by atoms with E-state index in [2.05, 4.69) is 36.4 Å². The van der Waals surface area contributed by atoms with Gasteiger partial charge in [-0.15, -0.1) is 0 Å². The van der Waals surface area contributed by atoms with E-state index >= 15 is 8.78 Å². The molecule has 0 spiro atoms. The van der Waals surface area contributed by atoms with Gasteiger partial charge in [-0.25, -0.2) is 13.3 Å². The molecule has 0 saturated carbocycles. The molecular formula is C38H28F2NO+. The minimum atomic E-state index is -2.92. The maximum atomic E-state index is 15.6. The van der Waals surface area contributed by atoms with Crippen molar-refractivity contribution in [3.63, 3.8) is 0 Å². The predicted octanol–water partition coefficient (Wildman–Crippen LogP) is 9.97. The zero-order valence-electron chi connectivity index (χ0n) is 27.9. The first-order valence-corrected chi connectivity index (χ1v) is 13.6. The Morgan fingerprint density at radius 1 is 0.619 bits per heavy atom. The third-order valence-electron chi connectivity index (χ3n) is 7.77. The summed E-state index contributed by atoms with van der Waals surface area (Å²) in [6.07, 6.45) is -0.567. The zero-order valence-corrected chi connectivity index (χ0v) is 22.9. The molecule has 0 N–H and O–H groups in total. The van der Waals surface area contributed by atoms with Gasteiger partial charge in [-0.3, -0.25) is 0 Å². The smallest absolute Gasteiger partial charge is 0.219 e. The predicted molar refractivity (Wildman–Crippen MR) is 166 cm³/mol. The highest BCUT2D eigenvalue weighted by Crippen LogP contribution is 2.42. The van der Waals surface area contributed by atoms with Crippen molar-refractivity contribution in [2.75, 3.05) is 0 Å². The molecule has 5 aromatic carbocycles. The molecule has 0 amide bonds. The summed E-state index contributed by atoms with van der Waals surface area (Å²) in [6.45, 7) is -1.16. The lowest BCUT2D eigenvalue weighted by Gasteiger charge is -2.08. The lowest BCUT2D eigenvalue weighted by atomic mass is 9.96. The van der Waals surface area contributed by atoms with Crippen molar-refractivity contribution >= 4 is 21.9 Å². The van der Waals surface area contributed by atoms with Crippen LogP contribution in [0.3, 0.4) is 0 Å². The molecule has 204 valence electrons. The molecule has 2 heterocycles. The van der Waals surface area contributed by atoms with Crippen molar-refractivity contribution in [2.45, 2.75) is 13.8 Å². The quantitative estimate of drug-likeness (QED) is 0.197. The summed E-state index contributed by atoms with van der Waals surface area (Å²) < 4.78 is 78.9. The van der Waals surface area contributed by atoms with Crippen LogP contribution in [-0.2, 0) is 7.05 Å². The average Bonchev–Trinajstić information content (AvgIpc) is 3.43. The summed E-state index contributed by atoms with van der Waals surface area (Å²) >= 11 is 0. The molecule has 0 unspecified atom stereocenters. The summed E-state index contributed by atoms with van der Waals surface area (Å²) in [5, 5.41) is 1.24. The van der Waals surface area contributed by atoms with E-state index in [0.29, 0.717) is 27.5 Å². The first-order valence-electron chi connectivity index (χ1n) is 16.1. The number of pyridine rings is 1. The van der Waals surface area contributed by atoms with Gasteiger partial charge in [0.2, 0.25) is 5.69 Å². The number of rotatable bonds is 4. The highest BCUT2D eigenvalue weighted by atomic mass is 19.1. The van der Waals surface area contributed by atoms with Gasteiger partial charge in [0.1, 0.15) is 31.2 Å². The lowest BCUT2D eigenvalue weighted by molar-refractivity contribution is -0.661. The standard InChI is InChI=1S/C38H28F2NO/c1-23-9-18-30-31-19-20-32(39)36(38(31)42-37(30)35(23)34-21-33(40)24(2)22-41(34)3)29-16-14-28(15-17-29)27-12-10-26(11-13-27)25-7-5-4-6-8-25/h4-22H,1-3H3/q+1/i2D3,21D,22D.